The molecule has 2 unspecified atom stereocenters. The van der Waals surface area contributed by atoms with Crippen molar-refractivity contribution in [1.82, 2.24) is 10.6 Å². The molecule has 2 amide bonds. The van der Waals surface area contributed by atoms with Gasteiger partial charge >= 0.3 is 12.2 Å². The van der Waals surface area contributed by atoms with Gasteiger partial charge in [0.05, 0.1) is 6.10 Å². The highest BCUT2D eigenvalue weighted by molar-refractivity contribution is 5.79. The lowest BCUT2D eigenvalue weighted by molar-refractivity contribution is 0.0136. The van der Waals surface area contributed by atoms with Crippen LogP contribution in [0.2, 0.25) is 0 Å². The molecular formula is C31H36N2O6. The van der Waals surface area contributed by atoms with Gasteiger partial charge in [-0.1, -0.05) is 72.8 Å². The second kappa shape index (κ2) is 12.3. The highest BCUT2D eigenvalue weighted by Crippen LogP contribution is 2.44. The van der Waals surface area contributed by atoms with Crippen LogP contribution in [0.15, 0.2) is 72.8 Å². The summed E-state index contributed by atoms with van der Waals surface area (Å²) < 4.78 is 10.8. The number of ether oxygens (including phenoxy) is 2. The van der Waals surface area contributed by atoms with Crippen LogP contribution in [0.1, 0.15) is 61.5 Å². The topological polar surface area (TPSA) is 117 Å². The summed E-state index contributed by atoms with van der Waals surface area (Å²) in [6, 6.07) is 23.2. The number of benzene rings is 3. The minimum atomic E-state index is -1.16. The van der Waals surface area contributed by atoms with Crippen molar-refractivity contribution in [3.63, 3.8) is 0 Å². The average molecular weight is 533 g/mol. The molecule has 39 heavy (non-hydrogen) atoms. The molecule has 0 fully saturated rings. The maximum Gasteiger partial charge on any atom is 0.407 e. The lowest BCUT2D eigenvalue weighted by atomic mass is 9.98. The Balaban J connectivity index is 1.23. The van der Waals surface area contributed by atoms with Crippen LogP contribution < -0.4 is 10.6 Å². The molecule has 1 aliphatic rings. The quantitative estimate of drug-likeness (QED) is 0.307. The highest BCUT2D eigenvalue weighted by Gasteiger charge is 2.29. The van der Waals surface area contributed by atoms with Crippen molar-refractivity contribution in [2.75, 3.05) is 13.2 Å². The molecule has 0 radical (unpaired) electrons. The Morgan fingerprint density at radius 2 is 1.51 bits per heavy atom. The summed E-state index contributed by atoms with van der Waals surface area (Å²) in [5.74, 6) is -0.0346. The molecule has 4 N–H and O–H groups in total. The van der Waals surface area contributed by atoms with Crippen LogP contribution in [0.4, 0.5) is 9.59 Å². The van der Waals surface area contributed by atoms with Crippen molar-refractivity contribution in [2.45, 2.75) is 57.5 Å². The summed E-state index contributed by atoms with van der Waals surface area (Å²) >= 11 is 0. The van der Waals surface area contributed by atoms with Gasteiger partial charge in [0.2, 0.25) is 0 Å². The Morgan fingerprint density at radius 3 is 2.15 bits per heavy atom. The molecule has 4 rings (SSSR count). The van der Waals surface area contributed by atoms with Crippen LogP contribution in [0, 0.1) is 0 Å². The molecule has 0 spiro atoms. The molecule has 0 aliphatic heterocycles. The van der Waals surface area contributed by atoms with E-state index in [0.29, 0.717) is 5.56 Å². The van der Waals surface area contributed by atoms with Crippen LogP contribution in [-0.4, -0.2) is 47.3 Å². The maximum atomic E-state index is 12.4. The van der Waals surface area contributed by atoms with E-state index in [2.05, 4.69) is 34.9 Å². The number of nitrogens with one attached hydrogen (secondary N) is 2. The summed E-state index contributed by atoms with van der Waals surface area (Å²) in [5.41, 5.74) is 5.24. The summed E-state index contributed by atoms with van der Waals surface area (Å²) in [4.78, 5) is 24.3. The molecule has 8 heteroatoms. The van der Waals surface area contributed by atoms with Gasteiger partial charge in [0.15, 0.2) is 0 Å². The molecule has 0 heterocycles. The largest absolute Gasteiger partial charge is 0.449 e. The first-order valence-corrected chi connectivity index (χ1v) is 13.1. The van der Waals surface area contributed by atoms with Gasteiger partial charge in [0.25, 0.3) is 0 Å². The van der Waals surface area contributed by atoms with E-state index in [-0.39, 0.29) is 32.0 Å². The predicted molar refractivity (Wildman–Crippen MR) is 148 cm³/mol. The zero-order chi connectivity index (χ0) is 28.0. The summed E-state index contributed by atoms with van der Waals surface area (Å²) in [5, 5.41) is 26.5. The first kappa shape index (κ1) is 28.1. The number of hydrogen-bond donors (Lipinski definition) is 4. The molecule has 8 nitrogen and oxygen atoms in total. The molecule has 206 valence electrons. The van der Waals surface area contributed by atoms with Gasteiger partial charge in [-0.05, 0) is 60.6 Å². The van der Waals surface area contributed by atoms with E-state index >= 15 is 0 Å². The number of aliphatic hydroxyl groups excluding tert-OH is 2. The van der Waals surface area contributed by atoms with Crippen LogP contribution in [-0.2, 0) is 16.0 Å². The molecule has 0 saturated carbocycles. The third kappa shape index (κ3) is 7.37. The fourth-order valence-corrected chi connectivity index (χ4v) is 4.73. The van der Waals surface area contributed by atoms with Crippen molar-refractivity contribution in [2.24, 2.45) is 0 Å². The Hall–Kier alpha value is -3.88. The van der Waals surface area contributed by atoms with E-state index in [1.807, 2.05) is 24.3 Å². The monoisotopic (exact) mass is 532 g/mol. The zero-order valence-corrected chi connectivity index (χ0v) is 22.5. The minimum absolute atomic E-state index is 0.0346. The maximum absolute atomic E-state index is 12.4. The predicted octanol–water partition coefficient (Wildman–Crippen LogP) is 5.03. The molecule has 0 aromatic heterocycles. The smallest absolute Gasteiger partial charge is 0.407 e. The van der Waals surface area contributed by atoms with Gasteiger partial charge in [-0.2, -0.15) is 0 Å². The van der Waals surface area contributed by atoms with Crippen LogP contribution in [0.3, 0.4) is 0 Å². The lowest BCUT2D eigenvalue weighted by Gasteiger charge is -2.20. The highest BCUT2D eigenvalue weighted by atomic mass is 16.6. The third-order valence-electron chi connectivity index (χ3n) is 6.55. The SMILES string of the molecule is CC(C)(C)OC(=O)NCc1cccc(C(O)C(O)CCNC(=O)OCC2c3ccccc3-c3ccccc32)c1. The van der Waals surface area contributed by atoms with E-state index in [9.17, 15) is 19.8 Å². The molecule has 3 aromatic carbocycles. The molecule has 1 aliphatic carbocycles. The van der Waals surface area contributed by atoms with Crippen molar-refractivity contribution < 1.29 is 29.3 Å². The first-order valence-electron chi connectivity index (χ1n) is 13.1. The summed E-state index contributed by atoms with van der Waals surface area (Å²) in [7, 11) is 0. The second-order valence-corrected chi connectivity index (χ2v) is 10.7. The third-order valence-corrected chi connectivity index (χ3v) is 6.55. The standard InChI is InChI=1S/C31H36N2O6/c1-31(2,3)39-30(37)33-18-20-9-8-10-21(17-20)28(35)27(34)15-16-32-29(36)38-19-26-24-13-6-4-11-22(24)23-12-5-7-14-25(23)26/h4-14,17,26-28,34-35H,15-16,18-19H2,1-3H3,(H,32,36)(H,33,37). The van der Waals surface area contributed by atoms with Crippen LogP contribution in [0.25, 0.3) is 11.1 Å². The van der Waals surface area contributed by atoms with Crippen molar-refractivity contribution >= 4 is 12.2 Å². The van der Waals surface area contributed by atoms with E-state index in [1.54, 1.807) is 45.0 Å². The van der Waals surface area contributed by atoms with Crippen molar-refractivity contribution in [3.05, 3.63) is 95.1 Å². The molecule has 2 atom stereocenters. The second-order valence-electron chi connectivity index (χ2n) is 10.7. The zero-order valence-electron chi connectivity index (χ0n) is 22.5. The van der Waals surface area contributed by atoms with Gasteiger partial charge in [-0.3, -0.25) is 0 Å². The van der Waals surface area contributed by atoms with Crippen molar-refractivity contribution in [3.8, 4) is 11.1 Å². The molecular weight excluding hydrogens is 496 g/mol. The van der Waals surface area contributed by atoms with Crippen LogP contribution in [0.5, 0.6) is 0 Å². The van der Waals surface area contributed by atoms with E-state index < -0.39 is 30.0 Å². The van der Waals surface area contributed by atoms with E-state index in [4.69, 9.17) is 9.47 Å². The Labute approximate surface area is 229 Å². The average Bonchev–Trinajstić information content (AvgIpc) is 3.23. The van der Waals surface area contributed by atoms with Gasteiger partial charge in [0, 0.05) is 19.0 Å². The fraction of sp³-hybridized carbons (Fsp3) is 0.355. The number of aliphatic hydroxyl groups is 2. The number of rotatable bonds is 9. The number of carbonyl (C=O) groups is 2. The van der Waals surface area contributed by atoms with Gasteiger partial charge in [-0.15, -0.1) is 0 Å². The number of carbonyl (C=O) groups excluding carboxylic acids is 2. The van der Waals surface area contributed by atoms with E-state index in [1.165, 1.54) is 0 Å². The first-order chi connectivity index (χ1) is 18.6. The number of fused-ring (bicyclic) bond motifs is 3. The number of amides is 2. The molecule has 3 aromatic rings. The molecule has 0 bridgehead atoms. The lowest BCUT2D eigenvalue weighted by Crippen LogP contribution is -2.32. The van der Waals surface area contributed by atoms with Gasteiger partial charge in [0.1, 0.15) is 18.3 Å². The molecule has 0 saturated heterocycles. The van der Waals surface area contributed by atoms with Crippen molar-refractivity contribution in [1.29, 1.82) is 0 Å². The Morgan fingerprint density at radius 1 is 0.872 bits per heavy atom. The summed E-state index contributed by atoms with van der Waals surface area (Å²) in [6.07, 6.45) is -3.24. The summed E-state index contributed by atoms with van der Waals surface area (Å²) in [6.45, 7) is 5.91. The van der Waals surface area contributed by atoms with Gasteiger partial charge in [-0.25, -0.2) is 9.59 Å². The fourth-order valence-electron chi connectivity index (χ4n) is 4.73. The van der Waals surface area contributed by atoms with E-state index in [0.717, 1.165) is 27.8 Å². The Kier molecular flexibility index (Phi) is 8.89. The number of alkyl carbamates (subject to hydrolysis) is 2. The normalized spacial score (nSPS) is 14.1. The minimum Gasteiger partial charge on any atom is -0.449 e. The van der Waals surface area contributed by atoms with Gasteiger partial charge < -0.3 is 30.3 Å². The number of hydrogen-bond acceptors (Lipinski definition) is 6. The Bertz CT molecular complexity index is 1260. The van der Waals surface area contributed by atoms with Crippen LogP contribution >= 0.6 is 0 Å².